The quantitative estimate of drug-likeness (QED) is 0.859. The molecule has 2 N–H and O–H groups in total. The number of fused-ring (bicyclic) bond motifs is 1. The Bertz CT molecular complexity index is 559. The van der Waals surface area contributed by atoms with E-state index in [1.54, 1.807) is 18.3 Å². The molecule has 1 heterocycles. The lowest BCUT2D eigenvalue weighted by Crippen LogP contribution is -2.39. The molecule has 0 spiro atoms. The molecular weight excluding hydrogens is 274 g/mol. The van der Waals surface area contributed by atoms with Crippen LogP contribution in [0.3, 0.4) is 0 Å². The highest BCUT2D eigenvalue weighted by Gasteiger charge is 2.26. The van der Waals surface area contributed by atoms with Gasteiger partial charge in [0.1, 0.15) is 12.2 Å². The monoisotopic (exact) mass is 293 g/mol. The molecule has 20 heavy (non-hydrogen) atoms. The smallest absolute Gasteiger partial charge is 0.246 e. The Kier molecular flexibility index (Phi) is 4.75. The van der Waals surface area contributed by atoms with Gasteiger partial charge in [0.05, 0.1) is 6.54 Å². The van der Waals surface area contributed by atoms with E-state index in [1.165, 1.54) is 0 Å². The van der Waals surface area contributed by atoms with Crippen molar-refractivity contribution in [2.75, 3.05) is 19.8 Å². The van der Waals surface area contributed by atoms with Crippen molar-refractivity contribution in [3.8, 4) is 0 Å². The van der Waals surface area contributed by atoms with Gasteiger partial charge in [-0.1, -0.05) is 18.2 Å². The molecule has 5 heteroatoms. The number of benzene rings is 1. The molecule has 0 saturated heterocycles. The fourth-order valence-electron chi connectivity index (χ4n) is 1.85. The Balaban J connectivity index is 2.03. The summed E-state index contributed by atoms with van der Waals surface area (Å²) >= 11 is 1.54. The topological polar surface area (TPSA) is 58.6 Å². The van der Waals surface area contributed by atoms with Gasteiger partial charge in [-0.3, -0.25) is 4.79 Å². The molecule has 2 aromatic rings. The van der Waals surface area contributed by atoms with Gasteiger partial charge in [-0.25, -0.2) is 0 Å². The zero-order chi connectivity index (χ0) is 14.6. The maximum atomic E-state index is 11.5. The van der Waals surface area contributed by atoms with Crippen molar-refractivity contribution in [1.29, 1.82) is 0 Å². The first-order valence-electron chi connectivity index (χ1n) is 6.59. The molecule has 0 saturated carbocycles. The van der Waals surface area contributed by atoms with Gasteiger partial charge in [0.25, 0.3) is 0 Å². The summed E-state index contributed by atoms with van der Waals surface area (Å²) in [6.45, 7) is 4.24. The zero-order valence-electron chi connectivity index (χ0n) is 11.7. The largest absolute Gasteiger partial charge is 0.383 e. The highest BCUT2D eigenvalue weighted by atomic mass is 32.1. The van der Waals surface area contributed by atoms with Crippen LogP contribution in [0.1, 0.15) is 18.7 Å². The molecule has 4 nitrogen and oxygen atoms in total. The third-order valence-corrected chi connectivity index (χ3v) is 4.39. The summed E-state index contributed by atoms with van der Waals surface area (Å²) in [6.07, 6.45) is 0. The van der Waals surface area contributed by atoms with E-state index >= 15 is 0 Å². The molecule has 0 aliphatic rings. The molecule has 2 rings (SSSR count). The van der Waals surface area contributed by atoms with Gasteiger partial charge in [-0.05, 0) is 31.4 Å². The summed E-state index contributed by atoms with van der Waals surface area (Å²) in [5.41, 5.74) is -1.08. The van der Waals surface area contributed by atoms with E-state index < -0.39 is 5.60 Å². The zero-order valence-corrected chi connectivity index (χ0v) is 12.5. The van der Waals surface area contributed by atoms with Crippen LogP contribution >= 0.6 is 11.3 Å². The van der Waals surface area contributed by atoms with Crippen molar-refractivity contribution in [3.63, 3.8) is 0 Å². The fraction of sp³-hybridized carbons (Fsp3) is 0.400. The minimum absolute atomic E-state index is 0.0268. The van der Waals surface area contributed by atoms with Gasteiger partial charge in [-0.15, -0.1) is 11.3 Å². The van der Waals surface area contributed by atoms with E-state index in [0.29, 0.717) is 6.61 Å². The average Bonchev–Trinajstić information content (AvgIpc) is 2.87. The molecule has 0 bridgehead atoms. The van der Waals surface area contributed by atoms with Gasteiger partial charge in [0.15, 0.2) is 0 Å². The number of rotatable bonds is 6. The minimum atomic E-state index is -1.08. The maximum Gasteiger partial charge on any atom is 0.246 e. The first-order valence-corrected chi connectivity index (χ1v) is 7.40. The van der Waals surface area contributed by atoms with Crippen LogP contribution in [-0.2, 0) is 15.1 Å². The molecule has 1 atom stereocenters. The standard InChI is InChI=1S/C15H19NO3S/c1-3-19-9-14(17)16-10-15(2,18)13-8-11-6-4-5-7-12(11)20-13/h4-8,18H,3,9-10H2,1-2H3,(H,16,17)/t15-/m0/s1. The minimum Gasteiger partial charge on any atom is -0.383 e. The molecular formula is C15H19NO3S. The normalized spacial score (nSPS) is 14.2. The summed E-state index contributed by atoms with van der Waals surface area (Å²) in [6, 6.07) is 9.94. The second kappa shape index (κ2) is 6.35. The van der Waals surface area contributed by atoms with E-state index in [-0.39, 0.29) is 19.1 Å². The number of carbonyl (C=O) groups excluding carboxylic acids is 1. The van der Waals surface area contributed by atoms with E-state index in [9.17, 15) is 9.90 Å². The van der Waals surface area contributed by atoms with E-state index in [2.05, 4.69) is 5.32 Å². The molecule has 1 aromatic heterocycles. The van der Waals surface area contributed by atoms with Crippen LogP contribution in [0, 0.1) is 0 Å². The van der Waals surface area contributed by atoms with Crippen LogP contribution in [0.5, 0.6) is 0 Å². The lowest BCUT2D eigenvalue weighted by Gasteiger charge is -2.22. The number of hydrogen-bond donors (Lipinski definition) is 2. The van der Waals surface area contributed by atoms with Crippen LogP contribution in [0.15, 0.2) is 30.3 Å². The second-order valence-corrected chi connectivity index (χ2v) is 5.92. The van der Waals surface area contributed by atoms with Crippen molar-refractivity contribution in [2.24, 2.45) is 0 Å². The third-order valence-electron chi connectivity index (χ3n) is 3.02. The van der Waals surface area contributed by atoms with E-state index in [4.69, 9.17) is 4.74 Å². The van der Waals surface area contributed by atoms with Crippen LogP contribution in [0.2, 0.25) is 0 Å². The Hall–Kier alpha value is -1.43. The molecule has 0 radical (unpaired) electrons. The summed E-state index contributed by atoms with van der Waals surface area (Å²) in [5, 5.41) is 14.3. The molecule has 0 aliphatic heterocycles. The highest BCUT2D eigenvalue weighted by molar-refractivity contribution is 7.19. The molecule has 0 unspecified atom stereocenters. The van der Waals surface area contributed by atoms with Crippen molar-refractivity contribution in [1.82, 2.24) is 5.32 Å². The number of nitrogens with one attached hydrogen (secondary N) is 1. The molecule has 1 amide bonds. The van der Waals surface area contributed by atoms with E-state index in [1.807, 2.05) is 37.3 Å². The Labute approximate surface area is 122 Å². The summed E-state index contributed by atoms with van der Waals surface area (Å²) in [7, 11) is 0. The number of thiophene rings is 1. The van der Waals surface area contributed by atoms with Gasteiger partial charge >= 0.3 is 0 Å². The first-order chi connectivity index (χ1) is 9.53. The van der Waals surface area contributed by atoms with Crippen molar-refractivity contribution < 1.29 is 14.6 Å². The molecule has 1 aromatic carbocycles. The van der Waals surface area contributed by atoms with Crippen LogP contribution in [-0.4, -0.2) is 30.8 Å². The second-order valence-electron chi connectivity index (χ2n) is 4.84. The Morgan fingerprint density at radius 3 is 2.90 bits per heavy atom. The Morgan fingerprint density at radius 2 is 2.20 bits per heavy atom. The predicted octanol–water partition coefficient (Wildman–Crippen LogP) is 2.26. The van der Waals surface area contributed by atoms with Crippen molar-refractivity contribution >= 4 is 27.3 Å². The van der Waals surface area contributed by atoms with Crippen LogP contribution in [0.4, 0.5) is 0 Å². The number of amides is 1. The summed E-state index contributed by atoms with van der Waals surface area (Å²) in [4.78, 5) is 12.4. The maximum absolute atomic E-state index is 11.5. The molecule has 0 aliphatic carbocycles. The van der Waals surface area contributed by atoms with Gasteiger partial charge in [0.2, 0.25) is 5.91 Å². The van der Waals surface area contributed by atoms with Gasteiger partial charge in [-0.2, -0.15) is 0 Å². The highest BCUT2D eigenvalue weighted by Crippen LogP contribution is 2.32. The SMILES string of the molecule is CCOCC(=O)NC[C@](C)(O)c1cc2ccccc2s1. The number of ether oxygens (including phenoxy) is 1. The third kappa shape index (κ3) is 3.56. The molecule has 0 fully saturated rings. The summed E-state index contributed by atoms with van der Waals surface area (Å²) in [5.74, 6) is -0.215. The van der Waals surface area contributed by atoms with Crippen molar-refractivity contribution in [3.05, 3.63) is 35.2 Å². The number of aliphatic hydroxyl groups is 1. The predicted molar refractivity (Wildman–Crippen MR) is 80.9 cm³/mol. The fourth-order valence-corrected chi connectivity index (χ4v) is 2.96. The summed E-state index contributed by atoms with van der Waals surface area (Å²) < 4.78 is 6.15. The molecule has 108 valence electrons. The number of hydrogen-bond acceptors (Lipinski definition) is 4. The van der Waals surface area contributed by atoms with E-state index in [0.717, 1.165) is 15.0 Å². The van der Waals surface area contributed by atoms with Crippen molar-refractivity contribution in [2.45, 2.75) is 19.4 Å². The van der Waals surface area contributed by atoms with Gasteiger partial charge < -0.3 is 15.2 Å². The number of carbonyl (C=O) groups is 1. The van der Waals surface area contributed by atoms with Gasteiger partial charge in [0, 0.05) is 16.2 Å². The lowest BCUT2D eigenvalue weighted by atomic mass is 10.0. The average molecular weight is 293 g/mol. The Morgan fingerprint density at radius 1 is 1.45 bits per heavy atom. The van der Waals surface area contributed by atoms with Crippen LogP contribution < -0.4 is 5.32 Å². The first kappa shape index (κ1) is 15.0. The lowest BCUT2D eigenvalue weighted by molar-refractivity contribution is -0.126. The van der Waals surface area contributed by atoms with Crippen LogP contribution in [0.25, 0.3) is 10.1 Å².